The van der Waals surface area contributed by atoms with Crippen LogP contribution in [0.2, 0.25) is 5.02 Å². The van der Waals surface area contributed by atoms with Crippen molar-refractivity contribution in [2.75, 3.05) is 0 Å². The number of benzene rings is 2. The minimum absolute atomic E-state index is 0.0364. The van der Waals surface area contributed by atoms with Gasteiger partial charge in [-0.3, -0.25) is 14.7 Å². The van der Waals surface area contributed by atoms with E-state index in [9.17, 15) is 4.79 Å². The third-order valence-corrected chi connectivity index (χ3v) is 6.92. The molecule has 1 aliphatic heterocycles. The first kappa shape index (κ1) is 24.6. The summed E-state index contributed by atoms with van der Waals surface area (Å²) in [6.07, 6.45) is 1.85. The number of aliphatic imine (C=N–C) groups is 1. The maximum Gasteiger partial charge on any atom is 0.266 e. The summed E-state index contributed by atoms with van der Waals surface area (Å²) >= 11 is 13.7. The van der Waals surface area contributed by atoms with Crippen LogP contribution in [0.15, 0.2) is 50.8 Å². The van der Waals surface area contributed by atoms with Crippen molar-refractivity contribution in [3.63, 3.8) is 0 Å². The maximum atomic E-state index is 12.9. The molecule has 0 saturated carbocycles. The Bertz CT molecular complexity index is 1020. The van der Waals surface area contributed by atoms with Gasteiger partial charge in [-0.25, -0.2) is 0 Å². The monoisotopic (exact) mass is 632 g/mol. The van der Waals surface area contributed by atoms with Crippen LogP contribution in [0.25, 0.3) is 6.08 Å². The Balaban J connectivity index is 1.83. The van der Waals surface area contributed by atoms with Crippen LogP contribution in [-0.2, 0) is 11.4 Å². The average Bonchev–Trinajstić information content (AvgIpc) is 2.96. The molecule has 2 aromatic rings. The third kappa shape index (κ3) is 6.27. The number of amidine groups is 1. The largest absolute Gasteiger partial charge is 0.486 e. The first-order valence-electron chi connectivity index (χ1n) is 9.83. The summed E-state index contributed by atoms with van der Waals surface area (Å²) in [7, 11) is 0. The van der Waals surface area contributed by atoms with Gasteiger partial charge in [0.05, 0.1) is 14.4 Å². The van der Waals surface area contributed by atoms with Gasteiger partial charge in [-0.1, -0.05) is 23.7 Å². The molecule has 4 nitrogen and oxygen atoms in total. The second-order valence-electron chi connectivity index (χ2n) is 7.61. The molecule has 3 rings (SSSR count). The summed E-state index contributed by atoms with van der Waals surface area (Å²) in [5.41, 5.74) is 1.89. The van der Waals surface area contributed by atoms with E-state index >= 15 is 0 Å². The van der Waals surface area contributed by atoms with Crippen molar-refractivity contribution in [2.45, 2.75) is 46.4 Å². The number of nitrogens with zero attached hydrogens (tertiary/aromatic N) is 2. The van der Waals surface area contributed by atoms with Gasteiger partial charge in [-0.15, -0.1) is 0 Å². The van der Waals surface area contributed by atoms with Crippen molar-refractivity contribution in [3.8, 4) is 5.75 Å². The lowest BCUT2D eigenvalue weighted by molar-refractivity contribution is -0.123. The molecule has 1 saturated heterocycles. The number of ether oxygens (including phenoxy) is 1. The van der Waals surface area contributed by atoms with E-state index in [1.807, 2.05) is 70.2 Å². The van der Waals surface area contributed by atoms with Crippen molar-refractivity contribution in [1.29, 1.82) is 0 Å². The van der Waals surface area contributed by atoms with Crippen LogP contribution >= 0.6 is 61.9 Å². The van der Waals surface area contributed by atoms with Crippen LogP contribution in [0.4, 0.5) is 0 Å². The topological polar surface area (TPSA) is 41.9 Å². The molecule has 2 aromatic carbocycles. The maximum absolute atomic E-state index is 12.9. The number of rotatable bonds is 6. The lowest BCUT2D eigenvalue weighted by Gasteiger charge is -2.20. The number of amides is 1. The van der Waals surface area contributed by atoms with Crippen molar-refractivity contribution < 1.29 is 9.53 Å². The highest BCUT2D eigenvalue weighted by atomic mass is 127. The minimum Gasteiger partial charge on any atom is -0.486 e. The van der Waals surface area contributed by atoms with Gasteiger partial charge in [0.1, 0.15) is 6.61 Å². The fraction of sp³-hybridized carbons (Fsp3) is 0.304. The molecule has 0 bridgehead atoms. The van der Waals surface area contributed by atoms with Crippen molar-refractivity contribution >= 4 is 79.0 Å². The van der Waals surface area contributed by atoms with E-state index in [1.165, 1.54) is 15.3 Å². The number of hydrogen-bond acceptors (Lipinski definition) is 4. The van der Waals surface area contributed by atoms with Crippen LogP contribution in [-0.4, -0.2) is 28.1 Å². The molecule has 0 spiro atoms. The molecule has 1 heterocycles. The molecule has 0 unspecified atom stereocenters. The van der Waals surface area contributed by atoms with Crippen LogP contribution < -0.4 is 4.74 Å². The fourth-order valence-corrected chi connectivity index (χ4v) is 5.52. The summed E-state index contributed by atoms with van der Waals surface area (Å²) in [6, 6.07) is 12.0. The summed E-state index contributed by atoms with van der Waals surface area (Å²) in [4.78, 5) is 19.9. The molecule has 0 N–H and O–H groups in total. The summed E-state index contributed by atoms with van der Waals surface area (Å²) in [6.45, 7) is 8.41. The Kier molecular flexibility index (Phi) is 8.51. The van der Waals surface area contributed by atoms with Crippen LogP contribution in [0, 0.1) is 3.57 Å². The Morgan fingerprint density at radius 2 is 1.90 bits per heavy atom. The Labute approximate surface area is 214 Å². The zero-order valence-electron chi connectivity index (χ0n) is 17.7. The van der Waals surface area contributed by atoms with Crippen molar-refractivity contribution in [1.82, 2.24) is 4.90 Å². The van der Waals surface area contributed by atoms with E-state index in [1.54, 1.807) is 4.90 Å². The van der Waals surface area contributed by atoms with E-state index in [-0.39, 0.29) is 18.0 Å². The van der Waals surface area contributed by atoms with E-state index < -0.39 is 0 Å². The predicted molar refractivity (Wildman–Crippen MR) is 143 cm³/mol. The highest BCUT2D eigenvalue weighted by Crippen LogP contribution is 2.38. The molecule has 0 atom stereocenters. The van der Waals surface area contributed by atoms with Crippen molar-refractivity contribution in [3.05, 3.63) is 65.5 Å². The number of thioether (sulfide) groups is 1. The molecular formula is C23H23BrClIN2O2S. The van der Waals surface area contributed by atoms with Crippen LogP contribution in [0.3, 0.4) is 0 Å². The summed E-state index contributed by atoms with van der Waals surface area (Å²) in [5.74, 6) is 0.546. The molecule has 0 radical (unpaired) electrons. The lowest BCUT2D eigenvalue weighted by atomic mass is 10.2. The molecule has 1 fully saturated rings. The number of hydrogen-bond donors (Lipinski definition) is 0. The normalized spacial score (nSPS) is 16.9. The predicted octanol–water partition coefficient (Wildman–Crippen LogP) is 7.38. The molecule has 0 aliphatic carbocycles. The molecular weight excluding hydrogens is 611 g/mol. The minimum atomic E-state index is -0.0364. The smallest absolute Gasteiger partial charge is 0.266 e. The molecule has 8 heteroatoms. The van der Waals surface area contributed by atoms with E-state index in [2.05, 4.69) is 43.5 Å². The van der Waals surface area contributed by atoms with Gasteiger partial charge in [0.25, 0.3) is 5.91 Å². The van der Waals surface area contributed by atoms with E-state index in [0.29, 0.717) is 22.3 Å². The van der Waals surface area contributed by atoms with E-state index in [0.717, 1.165) is 20.8 Å². The molecule has 1 amide bonds. The van der Waals surface area contributed by atoms with Crippen LogP contribution in [0.1, 0.15) is 38.8 Å². The van der Waals surface area contributed by atoms with Crippen molar-refractivity contribution in [2.24, 2.45) is 4.99 Å². The molecule has 0 aromatic heterocycles. The number of carbonyl (C=O) groups excluding carboxylic acids is 1. The van der Waals surface area contributed by atoms with Gasteiger partial charge >= 0.3 is 0 Å². The Hall–Kier alpha value is -1.03. The highest BCUT2D eigenvalue weighted by molar-refractivity contribution is 14.1. The quantitative estimate of drug-likeness (QED) is 0.246. The standard InChI is InChI=1S/C23H23BrClIN2O2S/c1-13(2)27-23-28(14(3)4)22(29)20(31-23)11-16-9-18(24)21(19(25)10-16)30-12-15-5-7-17(26)8-6-15/h5-11,13-14H,12H2,1-4H3/b20-11+,27-23?. The van der Waals surface area contributed by atoms with Crippen LogP contribution in [0.5, 0.6) is 5.75 Å². The lowest BCUT2D eigenvalue weighted by Crippen LogP contribution is -2.35. The van der Waals surface area contributed by atoms with Gasteiger partial charge in [0, 0.05) is 15.7 Å². The average molecular weight is 634 g/mol. The second kappa shape index (κ2) is 10.7. The zero-order chi connectivity index (χ0) is 22.7. The van der Waals surface area contributed by atoms with Gasteiger partial charge < -0.3 is 4.74 Å². The van der Waals surface area contributed by atoms with Gasteiger partial charge in [-0.2, -0.15) is 0 Å². The molecule has 164 valence electrons. The first-order chi connectivity index (χ1) is 14.7. The first-order valence-corrected chi connectivity index (χ1v) is 12.9. The second-order valence-corrected chi connectivity index (χ2v) is 11.1. The van der Waals surface area contributed by atoms with Gasteiger partial charge in [0.2, 0.25) is 0 Å². The highest BCUT2D eigenvalue weighted by Gasteiger charge is 2.35. The Morgan fingerprint density at radius 3 is 2.48 bits per heavy atom. The zero-order valence-corrected chi connectivity index (χ0v) is 23.0. The fourth-order valence-electron chi connectivity index (χ4n) is 2.94. The third-order valence-electron chi connectivity index (χ3n) is 4.34. The van der Waals surface area contributed by atoms with E-state index in [4.69, 9.17) is 16.3 Å². The molecule has 1 aliphatic rings. The SMILES string of the molecule is CC(C)N=C1S/C(=C/c2cc(Cl)c(OCc3ccc(I)cc3)c(Br)c2)C(=O)N1C(C)C. The number of halogens is 3. The number of carbonyl (C=O) groups is 1. The van der Waals surface area contributed by atoms with Gasteiger partial charge in [0.15, 0.2) is 10.9 Å². The summed E-state index contributed by atoms with van der Waals surface area (Å²) in [5, 5.41) is 1.22. The Morgan fingerprint density at radius 1 is 1.23 bits per heavy atom. The summed E-state index contributed by atoms with van der Waals surface area (Å²) < 4.78 is 7.86. The van der Waals surface area contributed by atoms with Gasteiger partial charge in [-0.05, 0) is 119 Å². The molecule has 31 heavy (non-hydrogen) atoms.